The van der Waals surface area contributed by atoms with E-state index in [1.54, 1.807) is 18.2 Å². The average Bonchev–Trinajstić information content (AvgIpc) is 3.33. The van der Waals surface area contributed by atoms with E-state index in [-0.39, 0.29) is 24.8 Å². The fraction of sp³-hybridized carbons (Fsp3) is 0.375. The van der Waals surface area contributed by atoms with Crippen molar-refractivity contribution in [1.82, 2.24) is 9.55 Å². The van der Waals surface area contributed by atoms with Crippen molar-refractivity contribution in [2.24, 2.45) is 0 Å². The summed E-state index contributed by atoms with van der Waals surface area (Å²) in [5.41, 5.74) is 1.16. The molecule has 1 fully saturated rings. The highest BCUT2D eigenvalue weighted by Crippen LogP contribution is 2.43. The summed E-state index contributed by atoms with van der Waals surface area (Å²) in [6.45, 7) is 10.7. The third-order valence-corrected chi connectivity index (χ3v) is 8.90. The van der Waals surface area contributed by atoms with Crippen LogP contribution in [-0.2, 0) is 37.9 Å². The van der Waals surface area contributed by atoms with Crippen molar-refractivity contribution >= 4 is 30.9 Å². The van der Waals surface area contributed by atoms with Gasteiger partial charge in [0.1, 0.15) is 30.3 Å². The van der Waals surface area contributed by atoms with Crippen molar-refractivity contribution in [2.75, 3.05) is 31.7 Å². The second kappa shape index (κ2) is 13.4. The molecule has 12 heteroatoms. The quantitative estimate of drug-likeness (QED) is 0.122. The number of carbonyl (C=O) groups is 1. The number of nitrogens with zero attached hydrogens (tertiary/aromatic N) is 2. The summed E-state index contributed by atoms with van der Waals surface area (Å²) in [6.07, 6.45) is 2.55. The predicted octanol–water partition coefficient (Wildman–Crippen LogP) is 7.43. The second-order valence-corrected chi connectivity index (χ2v) is 17.5. The molecule has 1 aliphatic rings. The molecule has 2 aromatic carbocycles. The lowest BCUT2D eigenvalue weighted by molar-refractivity contribution is -0.213. The van der Waals surface area contributed by atoms with Crippen LogP contribution in [0.1, 0.15) is 18.1 Å². The fourth-order valence-electron chi connectivity index (χ4n) is 4.85. The molecule has 0 radical (unpaired) electrons. The number of carbonyl (C=O) groups excluding carboxylic acids is 1. The molecule has 0 spiro atoms. The molecule has 0 unspecified atom stereocenters. The maximum Gasteiger partial charge on any atom is 0.411 e. The third-order valence-electron chi connectivity index (χ3n) is 7.20. The Morgan fingerprint density at radius 1 is 1.11 bits per heavy atom. The second-order valence-electron chi connectivity index (χ2n) is 11.8. The van der Waals surface area contributed by atoms with E-state index in [1.165, 1.54) is 6.20 Å². The van der Waals surface area contributed by atoms with Crippen LogP contribution in [0, 0.1) is 11.6 Å². The zero-order chi connectivity index (χ0) is 31.3. The Kier molecular flexibility index (Phi) is 9.64. The SMILES string of the molecule is CCOC1(c2cn(COCC[Si](C)(C)C)c3nccc(Oc4c(F)cc(NC(=O)OCc5ccccc5)cc4F)c23)COC1. The Labute approximate surface area is 256 Å². The van der Waals surface area contributed by atoms with Gasteiger partial charge in [0.15, 0.2) is 17.4 Å². The Bertz CT molecular complexity index is 1580. The van der Waals surface area contributed by atoms with Gasteiger partial charge in [-0.3, -0.25) is 5.32 Å². The van der Waals surface area contributed by atoms with Gasteiger partial charge in [0, 0.05) is 51.4 Å². The van der Waals surface area contributed by atoms with Crippen molar-refractivity contribution in [2.45, 2.75) is 51.5 Å². The molecule has 2 aromatic heterocycles. The van der Waals surface area contributed by atoms with Crippen LogP contribution in [0.5, 0.6) is 11.5 Å². The first kappa shape index (κ1) is 31.6. The van der Waals surface area contributed by atoms with Gasteiger partial charge in [-0.15, -0.1) is 0 Å². The molecule has 234 valence electrons. The zero-order valence-corrected chi connectivity index (χ0v) is 26.3. The summed E-state index contributed by atoms with van der Waals surface area (Å²) in [4.78, 5) is 16.8. The molecule has 1 N–H and O–H groups in total. The van der Waals surface area contributed by atoms with E-state index < -0.39 is 37.2 Å². The zero-order valence-electron chi connectivity index (χ0n) is 25.3. The molecule has 3 heterocycles. The summed E-state index contributed by atoms with van der Waals surface area (Å²) in [6, 6.07) is 13.6. The Morgan fingerprint density at radius 2 is 1.84 bits per heavy atom. The summed E-state index contributed by atoms with van der Waals surface area (Å²) >= 11 is 0. The molecular weight excluding hydrogens is 588 g/mol. The van der Waals surface area contributed by atoms with E-state index in [4.69, 9.17) is 23.7 Å². The smallest absolute Gasteiger partial charge is 0.411 e. The number of amides is 1. The van der Waals surface area contributed by atoms with Gasteiger partial charge in [0.25, 0.3) is 0 Å². The van der Waals surface area contributed by atoms with Crippen LogP contribution >= 0.6 is 0 Å². The van der Waals surface area contributed by atoms with E-state index in [0.717, 1.165) is 29.3 Å². The molecule has 1 aliphatic heterocycles. The summed E-state index contributed by atoms with van der Waals surface area (Å²) < 4.78 is 61.2. The average molecular weight is 626 g/mol. The molecule has 0 aliphatic carbocycles. The summed E-state index contributed by atoms with van der Waals surface area (Å²) in [5, 5.41) is 2.90. The first-order chi connectivity index (χ1) is 21.1. The number of aromatic nitrogens is 2. The van der Waals surface area contributed by atoms with Gasteiger partial charge in [0.2, 0.25) is 0 Å². The molecule has 9 nitrogen and oxygen atoms in total. The number of rotatable bonds is 13. The predicted molar refractivity (Wildman–Crippen MR) is 165 cm³/mol. The van der Waals surface area contributed by atoms with Crippen molar-refractivity contribution in [3.8, 4) is 11.5 Å². The lowest BCUT2D eigenvalue weighted by Gasteiger charge is -2.41. The molecule has 44 heavy (non-hydrogen) atoms. The molecule has 0 bridgehead atoms. The van der Waals surface area contributed by atoms with Crippen LogP contribution < -0.4 is 10.1 Å². The van der Waals surface area contributed by atoms with Crippen molar-refractivity contribution in [3.63, 3.8) is 0 Å². The van der Waals surface area contributed by atoms with Gasteiger partial charge in [-0.05, 0) is 24.6 Å². The molecule has 0 atom stereocenters. The van der Waals surface area contributed by atoms with E-state index >= 15 is 8.78 Å². The van der Waals surface area contributed by atoms with Gasteiger partial charge in [0.05, 0.1) is 24.3 Å². The van der Waals surface area contributed by atoms with Gasteiger partial charge >= 0.3 is 6.09 Å². The number of benzene rings is 2. The summed E-state index contributed by atoms with van der Waals surface area (Å²) in [5.74, 6) is -2.44. The van der Waals surface area contributed by atoms with Crippen LogP contribution in [0.3, 0.4) is 0 Å². The minimum absolute atomic E-state index is 0.0104. The number of pyridine rings is 1. The van der Waals surface area contributed by atoms with Gasteiger partial charge < -0.3 is 28.3 Å². The topological polar surface area (TPSA) is 93.1 Å². The van der Waals surface area contributed by atoms with E-state index in [9.17, 15) is 4.79 Å². The Balaban J connectivity index is 1.40. The van der Waals surface area contributed by atoms with Crippen LogP contribution in [0.2, 0.25) is 25.7 Å². The van der Waals surface area contributed by atoms with Gasteiger partial charge in [-0.1, -0.05) is 50.0 Å². The van der Waals surface area contributed by atoms with Crippen molar-refractivity contribution in [3.05, 3.63) is 83.7 Å². The number of ether oxygens (including phenoxy) is 5. The Hall–Kier alpha value is -3.84. The van der Waals surface area contributed by atoms with Crippen LogP contribution in [0.4, 0.5) is 19.3 Å². The maximum atomic E-state index is 15.3. The molecule has 0 saturated carbocycles. The fourth-order valence-corrected chi connectivity index (χ4v) is 5.61. The molecule has 1 amide bonds. The molecular formula is C32H37F2N3O6Si. The first-order valence-corrected chi connectivity index (χ1v) is 18.2. The largest absolute Gasteiger partial charge is 0.450 e. The highest BCUT2D eigenvalue weighted by atomic mass is 28.3. The third kappa shape index (κ3) is 7.26. The molecule has 5 rings (SSSR count). The van der Waals surface area contributed by atoms with Gasteiger partial charge in [-0.2, -0.15) is 0 Å². The van der Waals surface area contributed by atoms with E-state index in [2.05, 4.69) is 29.9 Å². The van der Waals surface area contributed by atoms with Crippen LogP contribution in [0.25, 0.3) is 11.0 Å². The van der Waals surface area contributed by atoms with Crippen LogP contribution in [0.15, 0.2) is 60.9 Å². The van der Waals surface area contributed by atoms with E-state index in [1.807, 2.05) is 35.9 Å². The number of fused-ring (bicyclic) bond motifs is 1. The summed E-state index contributed by atoms with van der Waals surface area (Å²) in [7, 11) is -1.28. The number of nitrogens with one attached hydrogen (secondary N) is 1. The maximum absolute atomic E-state index is 15.3. The number of anilines is 1. The van der Waals surface area contributed by atoms with Crippen molar-refractivity contribution in [1.29, 1.82) is 0 Å². The normalized spacial score (nSPS) is 14.3. The van der Waals surface area contributed by atoms with Gasteiger partial charge in [-0.25, -0.2) is 18.6 Å². The van der Waals surface area contributed by atoms with Crippen molar-refractivity contribution < 1.29 is 37.3 Å². The number of halogens is 2. The monoisotopic (exact) mass is 625 g/mol. The number of hydrogen-bond acceptors (Lipinski definition) is 7. The van der Waals surface area contributed by atoms with E-state index in [0.29, 0.717) is 37.5 Å². The Morgan fingerprint density at radius 3 is 2.48 bits per heavy atom. The standard InChI is InChI=1S/C32H37F2N3O6Si/c1-5-42-32(19-40-20-32)24-17-37(21-39-13-14-44(2,3)4)30-28(24)27(11-12-35-30)43-29-25(33)15-23(16-26(29)34)36-31(38)41-18-22-9-7-6-8-10-22/h6-12,15-17H,5,13-14,18-21H2,1-4H3,(H,36,38). The highest BCUT2D eigenvalue weighted by molar-refractivity contribution is 6.76. The lowest BCUT2D eigenvalue weighted by Crippen LogP contribution is -2.49. The minimum atomic E-state index is -1.28. The van der Waals surface area contributed by atoms with Crippen LogP contribution in [-0.4, -0.2) is 50.1 Å². The number of hydrogen-bond donors (Lipinski definition) is 1. The molecule has 1 saturated heterocycles. The molecule has 4 aromatic rings. The lowest BCUT2D eigenvalue weighted by atomic mass is 9.91. The first-order valence-electron chi connectivity index (χ1n) is 14.5. The minimum Gasteiger partial charge on any atom is -0.450 e. The highest BCUT2D eigenvalue weighted by Gasteiger charge is 2.44.